The summed E-state index contributed by atoms with van der Waals surface area (Å²) in [7, 11) is 0. The maximum absolute atomic E-state index is 12.2. The summed E-state index contributed by atoms with van der Waals surface area (Å²) in [5.74, 6) is -0.0157. The number of hydrogen-bond acceptors (Lipinski definition) is 4. The molecule has 0 fully saturated rings. The zero-order chi connectivity index (χ0) is 16.9. The van der Waals surface area contributed by atoms with E-state index >= 15 is 0 Å². The van der Waals surface area contributed by atoms with E-state index in [0.717, 1.165) is 21.8 Å². The minimum atomic E-state index is -0.0157. The van der Waals surface area contributed by atoms with Gasteiger partial charge >= 0.3 is 0 Å². The second-order valence-electron chi connectivity index (χ2n) is 5.77. The van der Waals surface area contributed by atoms with Gasteiger partial charge in [-0.1, -0.05) is 23.8 Å². The highest BCUT2D eigenvalue weighted by Gasteiger charge is 2.09. The van der Waals surface area contributed by atoms with Gasteiger partial charge in [0.1, 0.15) is 5.01 Å². The summed E-state index contributed by atoms with van der Waals surface area (Å²) in [6.45, 7) is 4.68. The Kier molecular flexibility index (Phi) is 5.01. The molecule has 122 valence electrons. The number of aromatic nitrogens is 2. The molecular weight excluding hydrogens is 318 g/mol. The van der Waals surface area contributed by atoms with Gasteiger partial charge in [0.25, 0.3) is 0 Å². The van der Waals surface area contributed by atoms with Gasteiger partial charge in [0, 0.05) is 29.9 Å². The Morgan fingerprint density at radius 3 is 2.88 bits per heavy atom. The molecule has 1 N–H and O–H groups in total. The Bertz CT molecular complexity index is 843. The fourth-order valence-corrected chi connectivity index (χ4v) is 3.29. The van der Waals surface area contributed by atoms with Crippen molar-refractivity contribution in [2.45, 2.75) is 26.8 Å². The number of nitrogens with zero attached hydrogens (tertiary/aromatic N) is 2. The number of pyridine rings is 1. The molecule has 0 saturated carbocycles. The minimum absolute atomic E-state index is 0.0157. The molecule has 0 unspecified atom stereocenters. The second-order valence-corrected chi connectivity index (χ2v) is 6.63. The molecule has 24 heavy (non-hydrogen) atoms. The van der Waals surface area contributed by atoms with Gasteiger partial charge in [0.15, 0.2) is 0 Å². The van der Waals surface area contributed by atoms with Crippen LogP contribution in [0.2, 0.25) is 0 Å². The maximum Gasteiger partial charge on any atom is 0.226 e. The van der Waals surface area contributed by atoms with E-state index in [0.29, 0.717) is 13.0 Å². The van der Waals surface area contributed by atoms with Crippen LogP contribution in [0.4, 0.5) is 0 Å². The first-order valence-corrected chi connectivity index (χ1v) is 8.67. The van der Waals surface area contributed by atoms with Crippen LogP contribution < -0.4 is 5.32 Å². The van der Waals surface area contributed by atoms with E-state index in [1.165, 1.54) is 22.5 Å². The molecule has 0 aliphatic carbocycles. The van der Waals surface area contributed by atoms with Crippen LogP contribution in [0.15, 0.2) is 48.1 Å². The predicted molar refractivity (Wildman–Crippen MR) is 96.8 cm³/mol. The highest BCUT2D eigenvalue weighted by Crippen LogP contribution is 2.22. The molecule has 3 rings (SSSR count). The molecule has 0 bridgehead atoms. The van der Waals surface area contributed by atoms with Crippen LogP contribution in [0, 0.1) is 13.8 Å². The average Bonchev–Trinajstić information content (AvgIpc) is 3.03. The van der Waals surface area contributed by atoms with Crippen LogP contribution in [0.1, 0.15) is 22.4 Å². The van der Waals surface area contributed by atoms with Crippen LogP contribution in [-0.4, -0.2) is 15.9 Å². The summed E-state index contributed by atoms with van der Waals surface area (Å²) in [5.41, 5.74) is 5.33. The summed E-state index contributed by atoms with van der Waals surface area (Å²) in [6.07, 6.45) is 3.81. The van der Waals surface area contributed by atoms with Gasteiger partial charge in [0.05, 0.1) is 12.1 Å². The van der Waals surface area contributed by atoms with Crippen molar-refractivity contribution < 1.29 is 4.79 Å². The van der Waals surface area contributed by atoms with Crippen LogP contribution in [-0.2, 0) is 17.8 Å². The van der Waals surface area contributed by atoms with E-state index < -0.39 is 0 Å². The van der Waals surface area contributed by atoms with E-state index in [1.54, 1.807) is 12.4 Å². The van der Waals surface area contributed by atoms with Gasteiger partial charge in [-0.25, -0.2) is 4.98 Å². The number of amides is 1. The average molecular weight is 337 g/mol. The lowest BCUT2D eigenvalue weighted by atomic mass is 10.1. The number of rotatable bonds is 5. The molecule has 4 nitrogen and oxygen atoms in total. The van der Waals surface area contributed by atoms with Crippen molar-refractivity contribution in [3.05, 3.63) is 70.5 Å². The lowest BCUT2D eigenvalue weighted by Gasteiger charge is -2.08. The number of hydrogen-bond donors (Lipinski definition) is 1. The van der Waals surface area contributed by atoms with E-state index in [4.69, 9.17) is 0 Å². The number of carbonyl (C=O) groups is 1. The fourth-order valence-electron chi connectivity index (χ4n) is 2.47. The zero-order valence-corrected chi connectivity index (χ0v) is 14.6. The van der Waals surface area contributed by atoms with Gasteiger partial charge in [-0.05, 0) is 37.1 Å². The fraction of sp³-hybridized carbons (Fsp3) is 0.211. The Balaban J connectivity index is 1.58. The van der Waals surface area contributed by atoms with Crippen LogP contribution in [0.5, 0.6) is 0 Å². The largest absolute Gasteiger partial charge is 0.352 e. The predicted octanol–water partition coefficient (Wildman–Crippen LogP) is 3.68. The first kappa shape index (κ1) is 16.3. The molecule has 0 radical (unpaired) electrons. The van der Waals surface area contributed by atoms with Crippen molar-refractivity contribution in [2.75, 3.05) is 0 Å². The molecule has 2 aromatic heterocycles. The van der Waals surface area contributed by atoms with E-state index in [2.05, 4.69) is 47.3 Å². The van der Waals surface area contributed by atoms with Crippen molar-refractivity contribution >= 4 is 17.2 Å². The third-order valence-electron chi connectivity index (χ3n) is 3.78. The molecule has 2 heterocycles. The SMILES string of the molecule is Cc1ccc(CNC(=O)Cc2csc(-c3cccnc3)n2)c(C)c1. The molecule has 0 saturated heterocycles. The summed E-state index contributed by atoms with van der Waals surface area (Å²) in [5, 5.41) is 5.79. The first-order chi connectivity index (χ1) is 11.6. The number of benzene rings is 1. The lowest BCUT2D eigenvalue weighted by Crippen LogP contribution is -2.25. The standard InChI is InChI=1S/C19H19N3OS/c1-13-5-6-15(14(2)8-13)11-21-18(23)9-17-12-24-19(22-17)16-4-3-7-20-10-16/h3-8,10,12H,9,11H2,1-2H3,(H,21,23). The third-order valence-corrected chi connectivity index (χ3v) is 4.72. The van der Waals surface area contributed by atoms with Crippen LogP contribution in [0.25, 0.3) is 10.6 Å². The molecule has 0 spiro atoms. The normalized spacial score (nSPS) is 10.6. The topological polar surface area (TPSA) is 54.9 Å². The monoisotopic (exact) mass is 337 g/mol. The van der Waals surface area contributed by atoms with Crippen LogP contribution >= 0.6 is 11.3 Å². The van der Waals surface area contributed by atoms with Gasteiger partial charge in [-0.3, -0.25) is 9.78 Å². The molecule has 0 atom stereocenters. The molecule has 5 heteroatoms. The zero-order valence-electron chi connectivity index (χ0n) is 13.7. The summed E-state index contributed by atoms with van der Waals surface area (Å²) < 4.78 is 0. The van der Waals surface area contributed by atoms with Gasteiger partial charge < -0.3 is 5.32 Å². The van der Waals surface area contributed by atoms with Crippen LogP contribution in [0.3, 0.4) is 0 Å². The van der Waals surface area contributed by atoms with Gasteiger partial charge in [-0.2, -0.15) is 0 Å². The summed E-state index contributed by atoms with van der Waals surface area (Å²) in [4.78, 5) is 20.8. The summed E-state index contributed by atoms with van der Waals surface area (Å²) in [6, 6.07) is 10.1. The lowest BCUT2D eigenvalue weighted by molar-refractivity contribution is -0.120. The molecule has 1 aromatic carbocycles. The highest BCUT2D eigenvalue weighted by molar-refractivity contribution is 7.13. The Labute approximate surface area is 145 Å². The Morgan fingerprint density at radius 2 is 2.12 bits per heavy atom. The van der Waals surface area contributed by atoms with E-state index in [1.807, 2.05) is 17.5 Å². The molecular formula is C19H19N3OS. The van der Waals surface area contributed by atoms with Crippen molar-refractivity contribution in [1.29, 1.82) is 0 Å². The Morgan fingerprint density at radius 1 is 1.25 bits per heavy atom. The first-order valence-electron chi connectivity index (χ1n) is 7.79. The van der Waals surface area contributed by atoms with E-state index in [9.17, 15) is 4.79 Å². The molecule has 1 amide bonds. The van der Waals surface area contributed by atoms with Gasteiger partial charge in [0.2, 0.25) is 5.91 Å². The van der Waals surface area contributed by atoms with Crippen molar-refractivity contribution in [3.63, 3.8) is 0 Å². The number of aryl methyl sites for hydroxylation is 2. The highest BCUT2D eigenvalue weighted by atomic mass is 32.1. The quantitative estimate of drug-likeness (QED) is 0.773. The third kappa shape index (κ3) is 4.06. The van der Waals surface area contributed by atoms with E-state index in [-0.39, 0.29) is 5.91 Å². The van der Waals surface area contributed by atoms with Crippen molar-refractivity contribution in [1.82, 2.24) is 15.3 Å². The number of nitrogens with one attached hydrogen (secondary N) is 1. The molecule has 0 aliphatic rings. The maximum atomic E-state index is 12.2. The number of carbonyl (C=O) groups excluding carboxylic acids is 1. The summed E-state index contributed by atoms with van der Waals surface area (Å²) >= 11 is 1.53. The molecule has 3 aromatic rings. The van der Waals surface area contributed by atoms with Crippen molar-refractivity contribution in [3.8, 4) is 10.6 Å². The second kappa shape index (κ2) is 7.36. The Hall–Kier alpha value is -2.53. The van der Waals surface area contributed by atoms with Gasteiger partial charge in [-0.15, -0.1) is 11.3 Å². The van der Waals surface area contributed by atoms with Crippen molar-refractivity contribution in [2.24, 2.45) is 0 Å². The molecule has 0 aliphatic heterocycles. The number of thiazole rings is 1. The minimum Gasteiger partial charge on any atom is -0.352 e. The smallest absolute Gasteiger partial charge is 0.226 e.